The first-order chi connectivity index (χ1) is 8.00. The highest BCUT2D eigenvalue weighted by molar-refractivity contribution is 9.10. The second-order valence-corrected chi connectivity index (χ2v) is 5.28. The smallest absolute Gasteiger partial charge is 0.342 e. The molecule has 2 aromatic rings. The SMILES string of the molecule is Cn1ccc(-c2cc(Br)cs2)c(C(=O)O)c1=O. The van der Waals surface area contributed by atoms with Crippen molar-refractivity contribution in [2.75, 3.05) is 0 Å². The highest BCUT2D eigenvalue weighted by Gasteiger charge is 2.18. The van der Waals surface area contributed by atoms with Gasteiger partial charge in [0.1, 0.15) is 5.56 Å². The molecule has 2 aromatic heterocycles. The Kier molecular flexibility index (Phi) is 3.17. The van der Waals surface area contributed by atoms with E-state index in [1.54, 1.807) is 18.3 Å². The van der Waals surface area contributed by atoms with Crippen LogP contribution in [0.25, 0.3) is 10.4 Å². The first-order valence-electron chi connectivity index (χ1n) is 4.68. The molecule has 2 heterocycles. The third-order valence-electron chi connectivity index (χ3n) is 2.32. The Hall–Kier alpha value is -1.40. The summed E-state index contributed by atoms with van der Waals surface area (Å²) in [7, 11) is 1.53. The molecular weight excluding hydrogens is 306 g/mol. The van der Waals surface area contributed by atoms with Gasteiger partial charge in [0.2, 0.25) is 0 Å². The molecule has 88 valence electrons. The molecule has 6 heteroatoms. The minimum Gasteiger partial charge on any atom is -0.477 e. The number of thiophene rings is 1. The summed E-state index contributed by atoms with van der Waals surface area (Å²) in [6, 6.07) is 3.44. The van der Waals surface area contributed by atoms with Crippen LogP contribution in [0.1, 0.15) is 10.4 Å². The molecular formula is C11H8BrNO3S. The van der Waals surface area contributed by atoms with Crippen LogP contribution in [0.2, 0.25) is 0 Å². The minimum absolute atomic E-state index is 0.190. The third kappa shape index (κ3) is 2.18. The fourth-order valence-electron chi connectivity index (χ4n) is 1.50. The van der Waals surface area contributed by atoms with E-state index in [-0.39, 0.29) is 5.56 Å². The van der Waals surface area contributed by atoms with Gasteiger partial charge in [-0.1, -0.05) is 0 Å². The van der Waals surface area contributed by atoms with Crippen LogP contribution in [0, 0.1) is 0 Å². The molecule has 17 heavy (non-hydrogen) atoms. The molecule has 0 aliphatic heterocycles. The number of hydrogen-bond donors (Lipinski definition) is 1. The zero-order chi connectivity index (χ0) is 12.6. The van der Waals surface area contributed by atoms with Crippen molar-refractivity contribution >= 4 is 33.2 Å². The van der Waals surface area contributed by atoms with Gasteiger partial charge in [-0.3, -0.25) is 4.79 Å². The van der Waals surface area contributed by atoms with Gasteiger partial charge in [0, 0.05) is 33.5 Å². The number of pyridine rings is 1. The van der Waals surface area contributed by atoms with Crippen LogP contribution >= 0.6 is 27.3 Å². The monoisotopic (exact) mass is 313 g/mol. The van der Waals surface area contributed by atoms with Crippen molar-refractivity contribution in [3.8, 4) is 10.4 Å². The Morgan fingerprint density at radius 2 is 2.24 bits per heavy atom. The zero-order valence-electron chi connectivity index (χ0n) is 8.81. The predicted molar refractivity (Wildman–Crippen MR) is 69.7 cm³/mol. The normalized spacial score (nSPS) is 10.5. The summed E-state index contributed by atoms with van der Waals surface area (Å²) in [6.45, 7) is 0. The number of halogens is 1. The van der Waals surface area contributed by atoms with Crippen LogP contribution < -0.4 is 5.56 Å². The van der Waals surface area contributed by atoms with E-state index in [1.165, 1.54) is 23.0 Å². The van der Waals surface area contributed by atoms with E-state index in [2.05, 4.69) is 15.9 Å². The molecule has 0 unspecified atom stereocenters. The molecule has 4 nitrogen and oxygen atoms in total. The van der Waals surface area contributed by atoms with Gasteiger partial charge in [-0.05, 0) is 28.1 Å². The van der Waals surface area contributed by atoms with Gasteiger partial charge in [0.05, 0.1) is 0 Å². The van der Waals surface area contributed by atoms with Crippen LogP contribution in [0.4, 0.5) is 0 Å². The van der Waals surface area contributed by atoms with Gasteiger partial charge in [-0.2, -0.15) is 0 Å². The quantitative estimate of drug-likeness (QED) is 0.927. The van der Waals surface area contributed by atoms with Crippen molar-refractivity contribution in [2.24, 2.45) is 7.05 Å². The van der Waals surface area contributed by atoms with Gasteiger partial charge in [0.15, 0.2) is 0 Å². The number of nitrogens with zero attached hydrogens (tertiary/aromatic N) is 1. The Labute approximate surface area is 109 Å². The standard InChI is InChI=1S/C11H8BrNO3S/c1-13-3-2-7(8-4-6(12)5-17-8)9(10(13)14)11(15)16/h2-5H,1H3,(H,15,16). The lowest BCUT2D eigenvalue weighted by Gasteiger charge is -2.05. The van der Waals surface area contributed by atoms with Crippen molar-refractivity contribution in [1.29, 1.82) is 0 Å². The number of aromatic nitrogens is 1. The summed E-state index contributed by atoms with van der Waals surface area (Å²) < 4.78 is 2.13. The van der Waals surface area contributed by atoms with E-state index in [4.69, 9.17) is 5.11 Å². The predicted octanol–water partition coefficient (Wildman–Crippen LogP) is 2.57. The highest BCUT2D eigenvalue weighted by Crippen LogP contribution is 2.30. The van der Waals surface area contributed by atoms with Gasteiger partial charge in [0.25, 0.3) is 5.56 Å². The van der Waals surface area contributed by atoms with Crippen LogP contribution in [-0.4, -0.2) is 15.6 Å². The molecule has 0 amide bonds. The minimum atomic E-state index is -1.20. The first-order valence-corrected chi connectivity index (χ1v) is 6.35. The van der Waals surface area contributed by atoms with Crippen molar-refractivity contribution in [3.05, 3.63) is 44.1 Å². The van der Waals surface area contributed by atoms with E-state index in [0.717, 1.165) is 9.35 Å². The zero-order valence-corrected chi connectivity index (χ0v) is 11.2. The van der Waals surface area contributed by atoms with Gasteiger partial charge in [-0.25, -0.2) is 4.79 Å². The van der Waals surface area contributed by atoms with Gasteiger partial charge in [-0.15, -0.1) is 11.3 Å². The lowest BCUT2D eigenvalue weighted by atomic mass is 10.1. The summed E-state index contributed by atoms with van der Waals surface area (Å²) in [6.07, 6.45) is 1.57. The molecule has 0 atom stereocenters. The topological polar surface area (TPSA) is 59.3 Å². The van der Waals surface area contributed by atoms with Crippen molar-refractivity contribution in [1.82, 2.24) is 4.57 Å². The van der Waals surface area contributed by atoms with Crippen LogP contribution in [-0.2, 0) is 7.05 Å². The molecule has 2 rings (SSSR count). The van der Waals surface area contributed by atoms with Gasteiger partial charge >= 0.3 is 5.97 Å². The largest absolute Gasteiger partial charge is 0.477 e. The molecule has 0 aliphatic rings. The fraction of sp³-hybridized carbons (Fsp3) is 0.0909. The van der Waals surface area contributed by atoms with E-state index >= 15 is 0 Å². The maximum Gasteiger partial charge on any atom is 0.342 e. The lowest BCUT2D eigenvalue weighted by molar-refractivity contribution is 0.0695. The van der Waals surface area contributed by atoms with Crippen molar-refractivity contribution < 1.29 is 9.90 Å². The third-order valence-corrected chi connectivity index (χ3v) is 4.04. The van der Waals surface area contributed by atoms with E-state index in [0.29, 0.717) is 5.56 Å². The van der Waals surface area contributed by atoms with E-state index < -0.39 is 11.5 Å². The maximum absolute atomic E-state index is 11.8. The summed E-state index contributed by atoms with van der Waals surface area (Å²) in [5, 5.41) is 11.0. The summed E-state index contributed by atoms with van der Waals surface area (Å²) in [4.78, 5) is 23.7. The molecule has 0 spiro atoms. The van der Waals surface area contributed by atoms with Crippen LogP contribution in [0.15, 0.2) is 33.0 Å². The average Bonchev–Trinajstić information content (AvgIpc) is 2.68. The molecule has 0 aliphatic carbocycles. The number of aromatic carboxylic acids is 1. The Morgan fingerprint density at radius 1 is 1.53 bits per heavy atom. The van der Waals surface area contributed by atoms with Crippen molar-refractivity contribution in [3.63, 3.8) is 0 Å². The fourth-order valence-corrected chi connectivity index (χ4v) is 2.96. The summed E-state index contributed by atoms with van der Waals surface area (Å²) in [5.74, 6) is -1.20. The van der Waals surface area contributed by atoms with Crippen LogP contribution in [0.3, 0.4) is 0 Å². The molecule has 0 saturated carbocycles. The number of hydrogen-bond acceptors (Lipinski definition) is 3. The molecule has 0 fully saturated rings. The van der Waals surface area contributed by atoms with Crippen molar-refractivity contribution in [2.45, 2.75) is 0 Å². The number of carboxylic acid groups (broad SMARTS) is 1. The highest BCUT2D eigenvalue weighted by atomic mass is 79.9. The first kappa shape index (κ1) is 12.1. The number of carboxylic acids is 1. The molecule has 0 bridgehead atoms. The molecule has 0 radical (unpaired) electrons. The number of carbonyl (C=O) groups is 1. The molecule has 1 N–H and O–H groups in total. The Bertz CT molecular complexity index is 644. The molecule has 0 saturated heterocycles. The van der Waals surface area contributed by atoms with Crippen LogP contribution in [0.5, 0.6) is 0 Å². The summed E-state index contributed by atoms with van der Waals surface area (Å²) in [5.41, 5.74) is -0.236. The second-order valence-electron chi connectivity index (χ2n) is 3.45. The lowest BCUT2D eigenvalue weighted by Crippen LogP contribution is -2.24. The maximum atomic E-state index is 11.8. The van der Waals surface area contributed by atoms with E-state index in [9.17, 15) is 9.59 Å². The molecule has 0 aromatic carbocycles. The Morgan fingerprint density at radius 3 is 2.76 bits per heavy atom. The summed E-state index contributed by atoms with van der Waals surface area (Å²) >= 11 is 4.69. The van der Waals surface area contributed by atoms with Gasteiger partial charge < -0.3 is 9.67 Å². The number of rotatable bonds is 2. The second kappa shape index (κ2) is 4.46. The Balaban J connectivity index is 2.74. The number of aryl methyl sites for hydroxylation is 1. The average molecular weight is 314 g/mol. The van der Waals surface area contributed by atoms with E-state index in [1.807, 2.05) is 5.38 Å².